The van der Waals surface area contributed by atoms with Crippen molar-refractivity contribution in [3.63, 3.8) is 0 Å². The molecule has 1 aliphatic heterocycles. The SMILES string of the molecule is O=C(CCN1CCOCC1)OCCOC(=O)c1cc2occc2[nH]1. The van der Waals surface area contributed by atoms with Gasteiger partial charge < -0.3 is 23.6 Å². The summed E-state index contributed by atoms with van der Waals surface area (Å²) in [6.07, 6.45) is 1.85. The van der Waals surface area contributed by atoms with E-state index in [1.54, 1.807) is 12.1 Å². The van der Waals surface area contributed by atoms with Gasteiger partial charge in [-0.05, 0) is 0 Å². The maximum absolute atomic E-state index is 11.8. The summed E-state index contributed by atoms with van der Waals surface area (Å²) in [6.45, 7) is 3.80. The normalized spacial score (nSPS) is 15.5. The fourth-order valence-corrected chi connectivity index (χ4v) is 2.47. The van der Waals surface area contributed by atoms with Crippen LogP contribution in [-0.2, 0) is 19.0 Å². The molecule has 0 spiro atoms. The Balaban J connectivity index is 1.30. The van der Waals surface area contributed by atoms with Crippen LogP contribution in [0.5, 0.6) is 0 Å². The number of fused-ring (bicyclic) bond motifs is 1. The second kappa shape index (κ2) is 7.98. The minimum atomic E-state index is -0.509. The molecule has 1 aliphatic rings. The third-order valence-corrected chi connectivity index (χ3v) is 3.78. The van der Waals surface area contributed by atoms with E-state index in [0.717, 1.165) is 18.6 Å². The maximum atomic E-state index is 11.8. The number of morpholine rings is 1. The molecule has 2 aromatic rings. The summed E-state index contributed by atoms with van der Waals surface area (Å²) in [5.74, 6) is -0.805. The van der Waals surface area contributed by atoms with E-state index in [1.165, 1.54) is 6.26 Å². The van der Waals surface area contributed by atoms with Crippen molar-refractivity contribution in [3.8, 4) is 0 Å². The number of ether oxygens (including phenoxy) is 3. The number of rotatable bonds is 7. The first-order valence-corrected chi connectivity index (χ1v) is 7.91. The van der Waals surface area contributed by atoms with Crippen molar-refractivity contribution in [1.82, 2.24) is 9.88 Å². The Bertz CT molecular complexity index is 657. The molecule has 8 nitrogen and oxygen atoms in total. The molecule has 8 heteroatoms. The van der Waals surface area contributed by atoms with E-state index in [2.05, 4.69) is 9.88 Å². The van der Waals surface area contributed by atoms with Gasteiger partial charge in [-0.3, -0.25) is 9.69 Å². The minimum absolute atomic E-state index is 0.0164. The first-order valence-electron chi connectivity index (χ1n) is 7.91. The molecule has 0 aromatic carbocycles. The highest BCUT2D eigenvalue weighted by Crippen LogP contribution is 2.16. The third-order valence-electron chi connectivity index (χ3n) is 3.78. The van der Waals surface area contributed by atoms with Crippen molar-refractivity contribution < 1.29 is 28.2 Å². The Labute approximate surface area is 138 Å². The lowest BCUT2D eigenvalue weighted by Gasteiger charge is -2.25. The smallest absolute Gasteiger partial charge is 0.355 e. The predicted octanol–water partition coefficient (Wildman–Crippen LogP) is 1.18. The second-order valence-electron chi connectivity index (χ2n) is 5.44. The van der Waals surface area contributed by atoms with Crippen LogP contribution in [-0.4, -0.2) is 67.9 Å². The van der Waals surface area contributed by atoms with E-state index >= 15 is 0 Å². The van der Waals surface area contributed by atoms with Crippen LogP contribution in [0.15, 0.2) is 22.8 Å². The lowest BCUT2D eigenvalue weighted by atomic mass is 10.3. The number of esters is 2. The van der Waals surface area contributed by atoms with Gasteiger partial charge in [0.05, 0.1) is 31.4 Å². The zero-order valence-electron chi connectivity index (χ0n) is 13.3. The van der Waals surface area contributed by atoms with Gasteiger partial charge in [-0.25, -0.2) is 4.79 Å². The first-order chi connectivity index (χ1) is 11.7. The third kappa shape index (κ3) is 4.36. The zero-order valence-corrected chi connectivity index (χ0v) is 13.3. The molecule has 1 saturated heterocycles. The van der Waals surface area contributed by atoms with E-state index in [0.29, 0.717) is 37.5 Å². The topological polar surface area (TPSA) is 94.0 Å². The summed E-state index contributed by atoms with van der Waals surface area (Å²) in [5.41, 5.74) is 1.64. The molecule has 130 valence electrons. The fourth-order valence-electron chi connectivity index (χ4n) is 2.47. The summed E-state index contributed by atoms with van der Waals surface area (Å²) >= 11 is 0. The Hall–Kier alpha value is -2.32. The Morgan fingerprint density at radius 1 is 1.21 bits per heavy atom. The number of furan rings is 1. The highest BCUT2D eigenvalue weighted by molar-refractivity contribution is 5.93. The van der Waals surface area contributed by atoms with E-state index in [-0.39, 0.29) is 19.2 Å². The highest BCUT2D eigenvalue weighted by Gasteiger charge is 2.14. The highest BCUT2D eigenvalue weighted by atomic mass is 16.6. The number of aromatic amines is 1. The van der Waals surface area contributed by atoms with Gasteiger partial charge in [0.15, 0.2) is 5.58 Å². The zero-order chi connectivity index (χ0) is 16.8. The van der Waals surface area contributed by atoms with Crippen molar-refractivity contribution in [2.45, 2.75) is 6.42 Å². The monoisotopic (exact) mass is 336 g/mol. The molecule has 1 N–H and O–H groups in total. The molecule has 3 heterocycles. The fraction of sp³-hybridized carbons (Fsp3) is 0.500. The van der Waals surface area contributed by atoms with Crippen molar-refractivity contribution in [1.29, 1.82) is 0 Å². The number of H-pyrrole nitrogens is 1. The first kappa shape index (κ1) is 16.5. The van der Waals surface area contributed by atoms with Crippen LogP contribution in [0, 0.1) is 0 Å². The Morgan fingerprint density at radius 2 is 2.00 bits per heavy atom. The van der Waals surface area contributed by atoms with Crippen molar-refractivity contribution in [3.05, 3.63) is 24.1 Å². The van der Waals surface area contributed by atoms with Crippen LogP contribution in [0.1, 0.15) is 16.9 Å². The molecule has 3 rings (SSSR count). The standard InChI is InChI=1S/C16H20N2O6/c19-15(1-3-18-4-7-21-8-5-18)23-9-10-24-16(20)13-11-14-12(17-13)2-6-22-14/h2,6,11,17H,1,3-5,7-10H2. The maximum Gasteiger partial charge on any atom is 0.355 e. The summed E-state index contributed by atoms with van der Waals surface area (Å²) in [7, 11) is 0. The van der Waals surface area contributed by atoms with Crippen LogP contribution < -0.4 is 0 Å². The van der Waals surface area contributed by atoms with E-state index < -0.39 is 5.97 Å². The van der Waals surface area contributed by atoms with Crippen molar-refractivity contribution in [2.75, 3.05) is 46.1 Å². The van der Waals surface area contributed by atoms with E-state index in [1.807, 2.05) is 0 Å². The summed E-state index contributed by atoms with van der Waals surface area (Å²) in [6, 6.07) is 3.30. The average Bonchev–Trinajstić information content (AvgIpc) is 3.19. The van der Waals surface area contributed by atoms with Crippen LogP contribution >= 0.6 is 0 Å². The van der Waals surface area contributed by atoms with Gasteiger partial charge in [-0.1, -0.05) is 0 Å². The van der Waals surface area contributed by atoms with E-state index in [4.69, 9.17) is 18.6 Å². The molecule has 0 radical (unpaired) electrons. The summed E-state index contributed by atoms with van der Waals surface area (Å²) < 4.78 is 20.5. The van der Waals surface area contributed by atoms with Crippen LogP contribution in [0.2, 0.25) is 0 Å². The van der Waals surface area contributed by atoms with Gasteiger partial charge in [-0.2, -0.15) is 0 Å². The molecule has 0 aliphatic carbocycles. The van der Waals surface area contributed by atoms with Crippen LogP contribution in [0.4, 0.5) is 0 Å². The second-order valence-corrected chi connectivity index (χ2v) is 5.44. The number of hydrogen-bond donors (Lipinski definition) is 1. The molecular formula is C16H20N2O6. The van der Waals surface area contributed by atoms with Crippen LogP contribution in [0.3, 0.4) is 0 Å². The average molecular weight is 336 g/mol. The van der Waals surface area contributed by atoms with Gasteiger partial charge in [-0.15, -0.1) is 0 Å². The summed E-state index contributed by atoms with van der Waals surface area (Å²) in [5, 5.41) is 0. The van der Waals surface area contributed by atoms with Crippen LogP contribution in [0.25, 0.3) is 11.1 Å². The molecule has 2 aromatic heterocycles. The van der Waals surface area contributed by atoms with Gasteiger partial charge in [0, 0.05) is 31.8 Å². The molecule has 0 atom stereocenters. The number of nitrogens with zero attached hydrogens (tertiary/aromatic N) is 1. The predicted molar refractivity (Wildman–Crippen MR) is 83.7 cm³/mol. The van der Waals surface area contributed by atoms with Crippen molar-refractivity contribution >= 4 is 23.0 Å². The number of carbonyl (C=O) groups excluding carboxylic acids is 2. The van der Waals surface area contributed by atoms with Gasteiger partial charge >= 0.3 is 11.9 Å². The minimum Gasteiger partial charge on any atom is -0.463 e. The van der Waals surface area contributed by atoms with Gasteiger partial charge in [0.25, 0.3) is 0 Å². The summed E-state index contributed by atoms with van der Waals surface area (Å²) in [4.78, 5) is 28.5. The lowest BCUT2D eigenvalue weighted by Crippen LogP contribution is -2.37. The molecule has 0 amide bonds. The quantitative estimate of drug-likeness (QED) is 0.599. The molecule has 0 bridgehead atoms. The van der Waals surface area contributed by atoms with Crippen molar-refractivity contribution in [2.24, 2.45) is 0 Å². The largest absolute Gasteiger partial charge is 0.463 e. The van der Waals surface area contributed by atoms with Gasteiger partial charge in [0.1, 0.15) is 18.9 Å². The Kier molecular flexibility index (Phi) is 5.50. The number of carbonyl (C=O) groups is 2. The number of nitrogens with one attached hydrogen (secondary N) is 1. The molecular weight excluding hydrogens is 316 g/mol. The van der Waals surface area contributed by atoms with E-state index in [9.17, 15) is 9.59 Å². The molecule has 1 fully saturated rings. The lowest BCUT2D eigenvalue weighted by molar-refractivity contribution is -0.145. The number of hydrogen-bond acceptors (Lipinski definition) is 7. The molecule has 0 saturated carbocycles. The molecule has 0 unspecified atom stereocenters. The van der Waals surface area contributed by atoms with Gasteiger partial charge in [0.2, 0.25) is 0 Å². The number of aromatic nitrogens is 1. The molecule has 24 heavy (non-hydrogen) atoms. The Morgan fingerprint density at radius 3 is 2.79 bits per heavy atom.